The van der Waals surface area contributed by atoms with Crippen LogP contribution in [0, 0.1) is 11.7 Å². The zero-order valence-corrected chi connectivity index (χ0v) is 14.8. The smallest absolute Gasteiger partial charge is 0.255 e. The van der Waals surface area contributed by atoms with Gasteiger partial charge in [-0.1, -0.05) is 6.92 Å². The van der Waals surface area contributed by atoms with Crippen LogP contribution in [0.3, 0.4) is 0 Å². The summed E-state index contributed by atoms with van der Waals surface area (Å²) in [6, 6.07) is 2.34. The molecule has 1 fully saturated rings. The SMILES string of the molecule is CCC1C(COc2nccc3cc(C(N)=O)c(OC)c(F)c23)NC(=O)C1F. The molecule has 1 aliphatic heterocycles. The lowest BCUT2D eigenvalue weighted by molar-refractivity contribution is -0.123. The minimum absolute atomic E-state index is 0.00789. The molecule has 2 amide bonds. The number of methoxy groups -OCH3 is 1. The van der Waals surface area contributed by atoms with Crippen molar-refractivity contribution in [3.63, 3.8) is 0 Å². The lowest BCUT2D eigenvalue weighted by Crippen LogP contribution is -2.34. The van der Waals surface area contributed by atoms with E-state index >= 15 is 0 Å². The number of rotatable bonds is 6. The number of halogens is 2. The van der Waals surface area contributed by atoms with Gasteiger partial charge in [0.15, 0.2) is 17.7 Å². The van der Waals surface area contributed by atoms with Gasteiger partial charge in [-0.05, 0) is 23.9 Å². The van der Waals surface area contributed by atoms with Gasteiger partial charge < -0.3 is 20.5 Å². The first-order chi connectivity index (χ1) is 12.9. The van der Waals surface area contributed by atoms with Crippen molar-refractivity contribution in [3.05, 3.63) is 29.7 Å². The molecule has 7 nitrogen and oxygen atoms in total. The number of ether oxygens (including phenoxy) is 2. The summed E-state index contributed by atoms with van der Waals surface area (Å²) in [5.41, 5.74) is 5.18. The number of aromatic nitrogens is 1. The normalized spacial score (nSPS) is 21.9. The fourth-order valence-corrected chi connectivity index (χ4v) is 3.34. The van der Waals surface area contributed by atoms with Crippen molar-refractivity contribution in [2.75, 3.05) is 13.7 Å². The summed E-state index contributed by atoms with van der Waals surface area (Å²) in [4.78, 5) is 27.1. The molecule has 0 saturated carbocycles. The highest BCUT2D eigenvalue weighted by Gasteiger charge is 2.41. The summed E-state index contributed by atoms with van der Waals surface area (Å²) in [6.45, 7) is 1.70. The Morgan fingerprint density at radius 3 is 2.81 bits per heavy atom. The van der Waals surface area contributed by atoms with E-state index in [0.717, 1.165) is 0 Å². The van der Waals surface area contributed by atoms with E-state index in [0.29, 0.717) is 11.8 Å². The third-order valence-electron chi connectivity index (χ3n) is 4.72. The summed E-state index contributed by atoms with van der Waals surface area (Å²) in [5.74, 6) is -3.24. The number of nitrogens with one attached hydrogen (secondary N) is 1. The van der Waals surface area contributed by atoms with Gasteiger partial charge in [0.05, 0.1) is 24.1 Å². The number of benzene rings is 1. The molecule has 0 bridgehead atoms. The van der Waals surface area contributed by atoms with Gasteiger partial charge in [0.25, 0.3) is 11.8 Å². The topological polar surface area (TPSA) is 104 Å². The molecule has 9 heteroatoms. The van der Waals surface area contributed by atoms with Crippen molar-refractivity contribution < 1.29 is 27.8 Å². The van der Waals surface area contributed by atoms with E-state index in [2.05, 4.69) is 10.3 Å². The van der Waals surface area contributed by atoms with Crippen LogP contribution in [0.25, 0.3) is 10.8 Å². The van der Waals surface area contributed by atoms with Crippen LogP contribution in [-0.2, 0) is 4.79 Å². The molecule has 0 radical (unpaired) electrons. The molecule has 2 heterocycles. The number of nitrogens with zero attached hydrogens (tertiary/aromatic N) is 1. The predicted molar refractivity (Wildman–Crippen MR) is 92.9 cm³/mol. The van der Waals surface area contributed by atoms with E-state index < -0.39 is 35.8 Å². The summed E-state index contributed by atoms with van der Waals surface area (Å²) < 4.78 is 39.4. The van der Waals surface area contributed by atoms with Crippen molar-refractivity contribution in [2.45, 2.75) is 25.6 Å². The molecule has 3 unspecified atom stereocenters. The maximum absolute atomic E-state index is 14.9. The maximum atomic E-state index is 14.9. The number of carbonyl (C=O) groups is 2. The highest BCUT2D eigenvalue weighted by Crippen LogP contribution is 2.35. The van der Waals surface area contributed by atoms with E-state index in [-0.39, 0.29) is 29.2 Å². The molecule has 0 spiro atoms. The molecule has 1 aliphatic rings. The molecule has 3 N–H and O–H groups in total. The third-order valence-corrected chi connectivity index (χ3v) is 4.72. The molecule has 0 aliphatic carbocycles. The molecule has 1 saturated heterocycles. The van der Waals surface area contributed by atoms with Crippen molar-refractivity contribution in [2.24, 2.45) is 11.7 Å². The Balaban J connectivity index is 1.96. The zero-order chi connectivity index (χ0) is 19.7. The van der Waals surface area contributed by atoms with Crippen molar-refractivity contribution in [1.29, 1.82) is 0 Å². The Bertz CT molecular complexity index is 906. The molecular weight excluding hydrogens is 360 g/mol. The van der Waals surface area contributed by atoms with Crippen LogP contribution in [-0.4, -0.2) is 42.7 Å². The van der Waals surface area contributed by atoms with Crippen LogP contribution in [0.1, 0.15) is 23.7 Å². The van der Waals surface area contributed by atoms with Gasteiger partial charge in [0, 0.05) is 12.1 Å². The van der Waals surface area contributed by atoms with E-state index in [4.69, 9.17) is 15.2 Å². The monoisotopic (exact) mass is 379 g/mol. The van der Waals surface area contributed by atoms with E-state index in [1.165, 1.54) is 25.4 Å². The molecule has 2 aromatic rings. The standard InChI is InChI=1S/C18H19F2N3O4/c1-3-9-11(23-17(25)13(9)19)7-27-18-12-8(4-5-22-18)6-10(16(21)24)15(26-2)14(12)20/h4-6,9,11,13H,3,7H2,1-2H3,(H2,21,24)(H,23,25). The van der Waals surface area contributed by atoms with Gasteiger partial charge in [0.2, 0.25) is 5.88 Å². The highest BCUT2D eigenvalue weighted by molar-refractivity contribution is 6.02. The third kappa shape index (κ3) is 3.24. The zero-order valence-electron chi connectivity index (χ0n) is 14.8. The Kier molecular flexibility index (Phi) is 5.11. The average Bonchev–Trinajstić information content (AvgIpc) is 2.92. The Morgan fingerprint density at radius 2 is 2.19 bits per heavy atom. The Hall–Kier alpha value is -2.97. The van der Waals surface area contributed by atoms with Gasteiger partial charge in [-0.15, -0.1) is 0 Å². The van der Waals surface area contributed by atoms with Crippen LogP contribution in [0.5, 0.6) is 11.6 Å². The van der Waals surface area contributed by atoms with Crippen molar-refractivity contribution >= 4 is 22.6 Å². The largest absolute Gasteiger partial charge is 0.493 e. The van der Waals surface area contributed by atoms with E-state index in [1.807, 2.05) is 0 Å². The van der Waals surface area contributed by atoms with Crippen LogP contribution in [0.4, 0.5) is 8.78 Å². The van der Waals surface area contributed by atoms with E-state index in [1.54, 1.807) is 6.92 Å². The summed E-state index contributed by atoms with van der Waals surface area (Å²) in [6.07, 6.45) is 0.233. The number of hydrogen-bond donors (Lipinski definition) is 2. The number of alkyl halides is 1. The van der Waals surface area contributed by atoms with Crippen LogP contribution in [0.2, 0.25) is 0 Å². The molecule has 144 valence electrons. The quantitative estimate of drug-likeness (QED) is 0.796. The molecule has 1 aromatic heterocycles. The second-order valence-electron chi connectivity index (χ2n) is 6.25. The number of pyridine rings is 1. The number of fused-ring (bicyclic) bond motifs is 1. The van der Waals surface area contributed by atoms with Crippen molar-refractivity contribution in [1.82, 2.24) is 10.3 Å². The number of amides is 2. The van der Waals surface area contributed by atoms with Gasteiger partial charge in [-0.2, -0.15) is 0 Å². The fourth-order valence-electron chi connectivity index (χ4n) is 3.34. The predicted octanol–water partition coefficient (Wildman–Crippen LogP) is 1.72. The first kappa shape index (κ1) is 18.8. The number of carbonyl (C=O) groups excluding carboxylic acids is 2. The number of hydrogen-bond acceptors (Lipinski definition) is 5. The van der Waals surface area contributed by atoms with Gasteiger partial charge in [-0.3, -0.25) is 9.59 Å². The molecule has 1 aromatic carbocycles. The lowest BCUT2D eigenvalue weighted by Gasteiger charge is -2.19. The number of nitrogens with two attached hydrogens (primary N) is 1. The molecule has 27 heavy (non-hydrogen) atoms. The minimum Gasteiger partial charge on any atom is -0.493 e. The molecule has 3 atom stereocenters. The number of primary amides is 1. The first-order valence-corrected chi connectivity index (χ1v) is 8.41. The minimum atomic E-state index is -1.60. The second kappa shape index (κ2) is 7.34. The molecule has 3 rings (SSSR count). The summed E-state index contributed by atoms with van der Waals surface area (Å²) in [7, 11) is 1.22. The van der Waals surface area contributed by atoms with Gasteiger partial charge in [-0.25, -0.2) is 13.8 Å². The van der Waals surface area contributed by atoms with Crippen LogP contribution < -0.4 is 20.5 Å². The average molecular weight is 379 g/mol. The second-order valence-corrected chi connectivity index (χ2v) is 6.25. The summed E-state index contributed by atoms with van der Waals surface area (Å²) >= 11 is 0. The fraction of sp³-hybridized carbons (Fsp3) is 0.389. The van der Waals surface area contributed by atoms with E-state index in [9.17, 15) is 18.4 Å². The summed E-state index contributed by atoms with van der Waals surface area (Å²) in [5, 5.41) is 2.89. The molecular formula is C18H19F2N3O4. The highest BCUT2D eigenvalue weighted by atomic mass is 19.1. The lowest BCUT2D eigenvalue weighted by atomic mass is 9.97. The van der Waals surface area contributed by atoms with Crippen molar-refractivity contribution in [3.8, 4) is 11.6 Å². The van der Waals surface area contributed by atoms with Crippen LogP contribution in [0.15, 0.2) is 18.3 Å². The first-order valence-electron chi connectivity index (χ1n) is 8.41. The Morgan fingerprint density at radius 1 is 1.44 bits per heavy atom. The van der Waals surface area contributed by atoms with Crippen LogP contribution >= 0.6 is 0 Å². The maximum Gasteiger partial charge on any atom is 0.255 e. The van der Waals surface area contributed by atoms with Gasteiger partial charge in [0.1, 0.15) is 6.61 Å². The Labute approximate surface area is 153 Å². The van der Waals surface area contributed by atoms with Gasteiger partial charge >= 0.3 is 0 Å².